The summed E-state index contributed by atoms with van der Waals surface area (Å²) in [6.45, 7) is 5.47. The number of hydrogen-bond donors (Lipinski definition) is 0. The molecule has 168 valence electrons. The van der Waals surface area contributed by atoms with E-state index in [1.165, 1.54) is 0 Å². The van der Waals surface area contributed by atoms with Gasteiger partial charge in [0.1, 0.15) is 0 Å². The summed E-state index contributed by atoms with van der Waals surface area (Å²) in [6.07, 6.45) is 6.12. The van der Waals surface area contributed by atoms with Crippen LogP contribution in [0.5, 0.6) is 5.75 Å². The van der Waals surface area contributed by atoms with E-state index in [-0.39, 0.29) is 5.91 Å². The number of ether oxygens (including phenoxy) is 2. The Morgan fingerprint density at radius 2 is 1.88 bits per heavy atom. The minimum atomic E-state index is -0.143. The van der Waals surface area contributed by atoms with Gasteiger partial charge in [0, 0.05) is 45.1 Å². The van der Waals surface area contributed by atoms with Crippen LogP contribution in [0.3, 0.4) is 0 Å². The van der Waals surface area contributed by atoms with Crippen LogP contribution >= 0.6 is 0 Å². The third-order valence-electron chi connectivity index (χ3n) is 5.54. The molecule has 3 aromatic rings. The summed E-state index contributed by atoms with van der Waals surface area (Å²) in [6, 6.07) is 13.6. The highest BCUT2D eigenvalue weighted by atomic mass is 16.5. The topological polar surface area (TPSA) is 72.7 Å². The van der Waals surface area contributed by atoms with Gasteiger partial charge in [-0.2, -0.15) is 5.10 Å². The van der Waals surface area contributed by atoms with Gasteiger partial charge in [0.15, 0.2) is 11.4 Å². The Morgan fingerprint density at radius 3 is 2.59 bits per heavy atom. The minimum absolute atomic E-state index is 0.143. The van der Waals surface area contributed by atoms with E-state index >= 15 is 0 Å². The molecule has 0 radical (unpaired) electrons. The monoisotopic (exact) mass is 435 g/mol. The number of carbonyl (C=O) groups excluding carboxylic acids is 1. The number of methoxy groups -OCH3 is 1. The molecule has 1 aliphatic rings. The van der Waals surface area contributed by atoms with E-state index in [4.69, 9.17) is 9.47 Å². The molecule has 1 saturated heterocycles. The number of rotatable bonds is 9. The number of pyridine rings is 1. The van der Waals surface area contributed by atoms with Gasteiger partial charge in [-0.15, -0.1) is 0 Å². The van der Waals surface area contributed by atoms with Crippen LogP contribution in [0.1, 0.15) is 22.5 Å². The number of hydrogen-bond acceptors (Lipinski definition) is 6. The standard InChI is InChI=1S/C24H29N5O3/c1-31-22-19-29(21-6-3-2-4-7-21)26-23(22)24(30)28(18-20-8-10-25-11-9-20)13-5-12-27-14-16-32-17-15-27/h2-4,6-11,19H,5,12-18H2,1H3. The van der Waals surface area contributed by atoms with Gasteiger partial charge >= 0.3 is 0 Å². The molecule has 0 N–H and O–H groups in total. The van der Waals surface area contributed by atoms with Crippen molar-refractivity contribution >= 4 is 5.91 Å². The Hall–Kier alpha value is -3.23. The van der Waals surface area contributed by atoms with Crippen LogP contribution in [0.25, 0.3) is 5.69 Å². The van der Waals surface area contributed by atoms with Gasteiger partial charge in [-0.1, -0.05) is 18.2 Å². The number of carbonyl (C=O) groups is 1. The van der Waals surface area contributed by atoms with Crippen molar-refractivity contribution in [2.75, 3.05) is 46.5 Å². The summed E-state index contributed by atoms with van der Waals surface area (Å²) in [7, 11) is 1.56. The first-order valence-corrected chi connectivity index (χ1v) is 10.9. The van der Waals surface area contributed by atoms with E-state index in [9.17, 15) is 4.79 Å². The lowest BCUT2D eigenvalue weighted by molar-refractivity contribution is 0.0355. The summed E-state index contributed by atoms with van der Waals surface area (Å²) in [4.78, 5) is 21.9. The van der Waals surface area contributed by atoms with Gasteiger partial charge in [0.05, 0.1) is 32.2 Å². The Morgan fingerprint density at radius 1 is 1.12 bits per heavy atom. The summed E-state index contributed by atoms with van der Waals surface area (Å²) < 4.78 is 12.6. The first-order valence-electron chi connectivity index (χ1n) is 10.9. The SMILES string of the molecule is COc1cn(-c2ccccc2)nc1C(=O)N(CCCN1CCOCC1)Cc1ccncc1. The van der Waals surface area contributed by atoms with Crippen molar-refractivity contribution in [3.63, 3.8) is 0 Å². The maximum absolute atomic E-state index is 13.6. The van der Waals surface area contributed by atoms with Crippen molar-refractivity contribution in [3.8, 4) is 11.4 Å². The molecule has 2 aromatic heterocycles. The second-order valence-corrected chi connectivity index (χ2v) is 7.72. The highest BCUT2D eigenvalue weighted by Crippen LogP contribution is 2.22. The van der Waals surface area contributed by atoms with E-state index in [2.05, 4.69) is 15.0 Å². The van der Waals surface area contributed by atoms with Crippen molar-refractivity contribution in [1.82, 2.24) is 24.6 Å². The van der Waals surface area contributed by atoms with Crippen LogP contribution in [-0.4, -0.2) is 77.0 Å². The molecule has 0 unspecified atom stereocenters. The lowest BCUT2D eigenvalue weighted by atomic mass is 10.2. The predicted molar refractivity (Wildman–Crippen MR) is 121 cm³/mol. The average Bonchev–Trinajstić information content (AvgIpc) is 3.29. The lowest BCUT2D eigenvalue weighted by Gasteiger charge is -2.28. The molecular formula is C24H29N5O3. The van der Waals surface area contributed by atoms with Gasteiger partial charge in [-0.25, -0.2) is 4.68 Å². The Kier molecular flexibility index (Phi) is 7.47. The van der Waals surface area contributed by atoms with Crippen LogP contribution in [0.15, 0.2) is 61.1 Å². The van der Waals surface area contributed by atoms with Crippen LogP contribution in [-0.2, 0) is 11.3 Å². The van der Waals surface area contributed by atoms with Crippen molar-refractivity contribution in [3.05, 3.63) is 72.3 Å². The zero-order chi connectivity index (χ0) is 22.2. The van der Waals surface area contributed by atoms with E-state index < -0.39 is 0 Å². The Bertz CT molecular complexity index is 987. The minimum Gasteiger partial charge on any atom is -0.493 e. The largest absolute Gasteiger partial charge is 0.493 e. The maximum Gasteiger partial charge on any atom is 0.278 e. The number of para-hydroxylation sites is 1. The van der Waals surface area contributed by atoms with Gasteiger partial charge in [0.2, 0.25) is 0 Å². The fraction of sp³-hybridized carbons (Fsp3) is 0.375. The first-order chi connectivity index (χ1) is 15.7. The molecule has 8 heteroatoms. The number of aromatic nitrogens is 3. The summed E-state index contributed by atoms with van der Waals surface area (Å²) >= 11 is 0. The fourth-order valence-electron chi connectivity index (χ4n) is 3.79. The zero-order valence-corrected chi connectivity index (χ0v) is 18.4. The van der Waals surface area contributed by atoms with Crippen LogP contribution in [0.4, 0.5) is 0 Å². The van der Waals surface area contributed by atoms with Crippen molar-refractivity contribution in [1.29, 1.82) is 0 Å². The van der Waals surface area contributed by atoms with Crippen molar-refractivity contribution in [2.24, 2.45) is 0 Å². The predicted octanol–water partition coefficient (Wildman–Crippen LogP) is 2.64. The number of nitrogens with zero attached hydrogens (tertiary/aromatic N) is 5. The van der Waals surface area contributed by atoms with Gasteiger partial charge in [-0.05, 0) is 36.2 Å². The van der Waals surface area contributed by atoms with Crippen LogP contribution in [0, 0.1) is 0 Å². The molecule has 8 nitrogen and oxygen atoms in total. The highest BCUT2D eigenvalue weighted by molar-refractivity contribution is 5.95. The average molecular weight is 436 g/mol. The second-order valence-electron chi connectivity index (χ2n) is 7.72. The van der Waals surface area contributed by atoms with E-state index in [1.807, 2.05) is 47.4 Å². The van der Waals surface area contributed by atoms with Crippen LogP contribution < -0.4 is 4.74 Å². The maximum atomic E-state index is 13.6. The van der Waals surface area contributed by atoms with Gasteiger partial charge in [-0.3, -0.25) is 14.7 Å². The molecule has 1 amide bonds. The molecule has 0 spiro atoms. The summed E-state index contributed by atoms with van der Waals surface area (Å²) in [5.74, 6) is 0.321. The third-order valence-corrected chi connectivity index (χ3v) is 5.54. The summed E-state index contributed by atoms with van der Waals surface area (Å²) in [5.41, 5.74) is 2.22. The number of morpholine rings is 1. The van der Waals surface area contributed by atoms with Gasteiger partial charge in [0.25, 0.3) is 5.91 Å². The molecule has 32 heavy (non-hydrogen) atoms. The Balaban J connectivity index is 1.52. The lowest BCUT2D eigenvalue weighted by Crippen LogP contribution is -2.39. The molecule has 1 aliphatic heterocycles. The van der Waals surface area contributed by atoms with E-state index in [0.717, 1.165) is 50.5 Å². The zero-order valence-electron chi connectivity index (χ0n) is 18.4. The number of amides is 1. The fourth-order valence-corrected chi connectivity index (χ4v) is 3.79. The smallest absolute Gasteiger partial charge is 0.278 e. The summed E-state index contributed by atoms with van der Waals surface area (Å²) in [5, 5.41) is 4.57. The van der Waals surface area contributed by atoms with Crippen molar-refractivity contribution in [2.45, 2.75) is 13.0 Å². The molecule has 1 aromatic carbocycles. The van der Waals surface area contributed by atoms with Crippen molar-refractivity contribution < 1.29 is 14.3 Å². The van der Waals surface area contributed by atoms with E-state index in [0.29, 0.717) is 24.5 Å². The molecule has 4 rings (SSSR count). The highest BCUT2D eigenvalue weighted by Gasteiger charge is 2.24. The number of benzene rings is 1. The molecular weight excluding hydrogens is 406 g/mol. The molecule has 3 heterocycles. The quantitative estimate of drug-likeness (QED) is 0.515. The normalized spacial score (nSPS) is 14.3. The molecule has 0 atom stereocenters. The molecule has 0 bridgehead atoms. The second kappa shape index (κ2) is 10.9. The molecule has 0 saturated carbocycles. The van der Waals surface area contributed by atoms with Crippen LogP contribution in [0.2, 0.25) is 0 Å². The molecule has 0 aliphatic carbocycles. The first kappa shape index (κ1) is 22.0. The Labute approximate surface area is 188 Å². The third kappa shape index (κ3) is 5.52. The molecule has 1 fully saturated rings. The van der Waals surface area contributed by atoms with Gasteiger partial charge < -0.3 is 14.4 Å². The van der Waals surface area contributed by atoms with E-state index in [1.54, 1.807) is 30.4 Å².